The van der Waals surface area contributed by atoms with E-state index < -0.39 is 5.97 Å². The number of carboxylic acid groups (broad SMARTS) is 1. The first-order chi connectivity index (χ1) is 6.72. The van der Waals surface area contributed by atoms with Crippen LogP contribution in [-0.4, -0.2) is 16.4 Å². The van der Waals surface area contributed by atoms with Crippen molar-refractivity contribution in [3.05, 3.63) is 35.4 Å². The molecule has 14 heavy (non-hydrogen) atoms. The number of aryl methyl sites for hydroxylation is 2. The van der Waals surface area contributed by atoms with Gasteiger partial charge < -0.3 is 5.11 Å². The van der Waals surface area contributed by atoms with Crippen LogP contribution in [0.25, 0.3) is 0 Å². The van der Waals surface area contributed by atoms with Crippen molar-refractivity contribution in [3.63, 3.8) is 0 Å². The van der Waals surface area contributed by atoms with Crippen LogP contribution >= 0.6 is 15.9 Å². The molecule has 1 aromatic rings. The predicted molar refractivity (Wildman–Crippen MR) is 59.9 cm³/mol. The lowest BCUT2D eigenvalue weighted by molar-refractivity contribution is -0.136. The number of benzene rings is 1. The molecule has 0 heterocycles. The molecule has 0 fully saturated rings. The van der Waals surface area contributed by atoms with E-state index in [4.69, 9.17) is 5.11 Å². The number of alkyl halides is 1. The fourth-order valence-corrected chi connectivity index (χ4v) is 1.69. The topological polar surface area (TPSA) is 37.3 Å². The zero-order valence-corrected chi connectivity index (χ0v) is 9.46. The quantitative estimate of drug-likeness (QED) is 0.823. The Labute approximate surface area is 92.1 Å². The van der Waals surface area contributed by atoms with Crippen molar-refractivity contribution < 1.29 is 9.90 Å². The van der Waals surface area contributed by atoms with E-state index in [1.807, 2.05) is 12.1 Å². The Bertz CT molecular complexity index is 293. The zero-order chi connectivity index (χ0) is 10.4. The Morgan fingerprint density at radius 3 is 2.07 bits per heavy atom. The first kappa shape index (κ1) is 11.2. The highest BCUT2D eigenvalue weighted by Gasteiger charge is 1.98. The minimum absolute atomic E-state index is 0.206. The largest absolute Gasteiger partial charge is 0.481 e. The van der Waals surface area contributed by atoms with Crippen molar-refractivity contribution in [1.82, 2.24) is 0 Å². The van der Waals surface area contributed by atoms with Crippen molar-refractivity contribution in [2.75, 3.05) is 5.33 Å². The Kier molecular flexibility index (Phi) is 4.66. The Morgan fingerprint density at radius 1 is 1.14 bits per heavy atom. The molecule has 0 saturated heterocycles. The van der Waals surface area contributed by atoms with Gasteiger partial charge in [0.25, 0.3) is 0 Å². The van der Waals surface area contributed by atoms with Crippen LogP contribution in [0.4, 0.5) is 0 Å². The number of hydrogen-bond donors (Lipinski definition) is 1. The first-order valence-corrected chi connectivity index (χ1v) is 5.70. The van der Waals surface area contributed by atoms with Crippen LogP contribution in [0.3, 0.4) is 0 Å². The zero-order valence-electron chi connectivity index (χ0n) is 7.87. The van der Waals surface area contributed by atoms with Crippen LogP contribution < -0.4 is 0 Å². The fraction of sp³-hybridized carbons (Fsp3) is 0.364. The first-order valence-electron chi connectivity index (χ1n) is 4.58. The third-order valence-electron chi connectivity index (χ3n) is 2.03. The third kappa shape index (κ3) is 3.92. The van der Waals surface area contributed by atoms with E-state index in [9.17, 15) is 4.79 Å². The highest BCUT2D eigenvalue weighted by atomic mass is 79.9. The molecule has 1 aromatic carbocycles. The second-order valence-electron chi connectivity index (χ2n) is 3.15. The molecule has 0 amide bonds. The maximum atomic E-state index is 10.3. The van der Waals surface area contributed by atoms with E-state index in [-0.39, 0.29) is 6.42 Å². The molecule has 0 spiro atoms. The van der Waals surface area contributed by atoms with Gasteiger partial charge in [-0.15, -0.1) is 0 Å². The molecule has 0 atom stereocenters. The van der Waals surface area contributed by atoms with E-state index >= 15 is 0 Å². The lowest BCUT2D eigenvalue weighted by atomic mass is 10.1. The van der Waals surface area contributed by atoms with Crippen molar-refractivity contribution in [3.8, 4) is 0 Å². The molecule has 0 aliphatic heterocycles. The van der Waals surface area contributed by atoms with Gasteiger partial charge in [-0.3, -0.25) is 4.79 Å². The molecule has 0 aliphatic carbocycles. The average Bonchev–Trinajstić information content (AvgIpc) is 2.17. The molecule has 0 unspecified atom stereocenters. The lowest BCUT2D eigenvalue weighted by Crippen LogP contribution is -1.97. The predicted octanol–water partition coefficient (Wildman–Crippen LogP) is 2.64. The minimum Gasteiger partial charge on any atom is -0.481 e. The third-order valence-corrected chi connectivity index (χ3v) is 2.43. The molecule has 2 nitrogen and oxygen atoms in total. The molecule has 0 bridgehead atoms. The molecular weight excluding hydrogens is 244 g/mol. The van der Waals surface area contributed by atoms with Gasteiger partial charge in [-0.05, 0) is 24.0 Å². The van der Waals surface area contributed by atoms with Gasteiger partial charge >= 0.3 is 5.97 Å². The second kappa shape index (κ2) is 5.81. The van der Waals surface area contributed by atoms with Crippen LogP contribution in [0.5, 0.6) is 0 Å². The molecule has 0 aliphatic rings. The fourth-order valence-electron chi connectivity index (χ4n) is 1.23. The molecule has 0 radical (unpaired) electrons. The van der Waals surface area contributed by atoms with Gasteiger partial charge in [0, 0.05) is 11.8 Å². The number of carbonyl (C=O) groups is 1. The maximum absolute atomic E-state index is 10.3. The van der Waals surface area contributed by atoms with Crippen molar-refractivity contribution in [2.24, 2.45) is 0 Å². The van der Waals surface area contributed by atoms with Crippen molar-refractivity contribution >= 4 is 21.9 Å². The van der Waals surface area contributed by atoms with E-state index in [1.54, 1.807) is 0 Å². The summed E-state index contributed by atoms with van der Waals surface area (Å²) in [5.41, 5.74) is 2.37. The SMILES string of the molecule is O=C(O)CCc1ccc(CCBr)cc1. The highest BCUT2D eigenvalue weighted by Crippen LogP contribution is 2.08. The van der Waals surface area contributed by atoms with Crippen molar-refractivity contribution in [1.29, 1.82) is 0 Å². The number of halogens is 1. The Morgan fingerprint density at radius 2 is 1.64 bits per heavy atom. The number of carboxylic acids is 1. The Balaban J connectivity index is 2.50. The van der Waals surface area contributed by atoms with E-state index in [1.165, 1.54) is 5.56 Å². The number of hydrogen-bond acceptors (Lipinski definition) is 1. The molecule has 0 aromatic heterocycles. The van der Waals surface area contributed by atoms with Gasteiger partial charge in [0.2, 0.25) is 0 Å². The molecule has 1 rings (SSSR count). The summed E-state index contributed by atoms with van der Waals surface area (Å²) in [5.74, 6) is -0.741. The summed E-state index contributed by atoms with van der Waals surface area (Å²) >= 11 is 3.38. The number of aliphatic carboxylic acids is 1. The van der Waals surface area contributed by atoms with Crippen LogP contribution in [0, 0.1) is 0 Å². The van der Waals surface area contributed by atoms with Gasteiger partial charge in [0.15, 0.2) is 0 Å². The van der Waals surface area contributed by atoms with E-state index in [2.05, 4.69) is 28.1 Å². The standard InChI is InChI=1S/C11H13BrO2/c12-8-7-10-3-1-9(2-4-10)5-6-11(13)14/h1-4H,5-8H2,(H,13,14). The minimum atomic E-state index is -0.741. The Hall–Kier alpha value is -0.830. The van der Waals surface area contributed by atoms with Crippen LogP contribution in [0.1, 0.15) is 17.5 Å². The summed E-state index contributed by atoms with van der Waals surface area (Å²) in [6.45, 7) is 0. The average molecular weight is 257 g/mol. The summed E-state index contributed by atoms with van der Waals surface area (Å²) in [6.07, 6.45) is 1.83. The number of rotatable bonds is 5. The molecular formula is C11H13BrO2. The highest BCUT2D eigenvalue weighted by molar-refractivity contribution is 9.09. The summed E-state index contributed by atoms with van der Waals surface area (Å²) in [4.78, 5) is 10.3. The van der Waals surface area contributed by atoms with E-state index in [0.717, 1.165) is 17.3 Å². The maximum Gasteiger partial charge on any atom is 0.303 e. The molecule has 1 N–H and O–H groups in total. The summed E-state index contributed by atoms with van der Waals surface area (Å²) < 4.78 is 0. The normalized spacial score (nSPS) is 10.1. The second-order valence-corrected chi connectivity index (χ2v) is 3.94. The summed E-state index contributed by atoms with van der Waals surface area (Å²) in [5, 5.41) is 9.47. The molecule has 3 heteroatoms. The van der Waals surface area contributed by atoms with Crippen LogP contribution in [0.2, 0.25) is 0 Å². The lowest BCUT2D eigenvalue weighted by Gasteiger charge is -2.01. The van der Waals surface area contributed by atoms with Crippen LogP contribution in [-0.2, 0) is 17.6 Å². The van der Waals surface area contributed by atoms with Crippen molar-refractivity contribution in [2.45, 2.75) is 19.3 Å². The van der Waals surface area contributed by atoms with E-state index in [0.29, 0.717) is 6.42 Å². The summed E-state index contributed by atoms with van der Waals surface area (Å²) in [6, 6.07) is 8.11. The summed E-state index contributed by atoms with van der Waals surface area (Å²) in [7, 11) is 0. The van der Waals surface area contributed by atoms with Gasteiger partial charge in [-0.2, -0.15) is 0 Å². The van der Waals surface area contributed by atoms with Gasteiger partial charge in [-0.25, -0.2) is 0 Å². The van der Waals surface area contributed by atoms with Crippen LogP contribution in [0.15, 0.2) is 24.3 Å². The smallest absolute Gasteiger partial charge is 0.303 e. The van der Waals surface area contributed by atoms with Gasteiger partial charge in [-0.1, -0.05) is 40.2 Å². The van der Waals surface area contributed by atoms with Gasteiger partial charge in [0.05, 0.1) is 0 Å². The molecule has 76 valence electrons. The monoisotopic (exact) mass is 256 g/mol. The van der Waals surface area contributed by atoms with Gasteiger partial charge in [0.1, 0.15) is 0 Å². The molecule has 0 saturated carbocycles.